The average molecular weight is 230 g/mol. The van der Waals surface area contributed by atoms with Gasteiger partial charge in [-0.2, -0.15) is 0 Å². The summed E-state index contributed by atoms with van der Waals surface area (Å²) in [4.78, 5) is 21.8. The molecule has 2 amide bonds. The number of amides is 2. The largest absolute Gasteiger partial charge is 0.479 e. The number of rotatable bonds is 4. The Bertz CT molecular complexity index is 268. The van der Waals surface area contributed by atoms with Crippen LogP contribution in [0, 0.1) is 0 Å². The van der Waals surface area contributed by atoms with Crippen molar-refractivity contribution in [3.63, 3.8) is 0 Å². The van der Waals surface area contributed by atoms with Gasteiger partial charge in [-0.1, -0.05) is 0 Å². The van der Waals surface area contributed by atoms with Gasteiger partial charge < -0.3 is 20.5 Å². The van der Waals surface area contributed by atoms with Gasteiger partial charge in [0.15, 0.2) is 6.10 Å². The molecule has 0 aromatic carbocycles. The van der Waals surface area contributed by atoms with Crippen molar-refractivity contribution in [1.29, 1.82) is 0 Å². The van der Waals surface area contributed by atoms with Crippen molar-refractivity contribution in [3.05, 3.63) is 0 Å². The molecule has 0 aliphatic carbocycles. The second-order valence-corrected chi connectivity index (χ2v) is 4.17. The number of carboxylic acid groups (broad SMARTS) is 1. The smallest absolute Gasteiger partial charge is 0.332 e. The number of urea groups is 1. The molecule has 0 aromatic rings. The Hall–Kier alpha value is -1.30. The van der Waals surface area contributed by atoms with E-state index >= 15 is 0 Å². The molecule has 16 heavy (non-hydrogen) atoms. The topological polar surface area (TPSA) is 87.7 Å². The van der Waals surface area contributed by atoms with E-state index in [0.717, 1.165) is 0 Å². The Morgan fingerprint density at radius 2 is 2.12 bits per heavy atom. The van der Waals surface area contributed by atoms with Crippen LogP contribution in [-0.4, -0.2) is 41.9 Å². The lowest BCUT2D eigenvalue weighted by Crippen LogP contribution is -2.42. The zero-order chi connectivity index (χ0) is 12.1. The summed E-state index contributed by atoms with van der Waals surface area (Å²) in [6.07, 6.45) is 0.255. The summed E-state index contributed by atoms with van der Waals surface area (Å²) in [5.74, 6) is -0.936. The molecular weight excluding hydrogens is 212 g/mol. The highest BCUT2D eigenvalue weighted by molar-refractivity contribution is 5.74. The number of ether oxygens (including phenoxy) is 1. The minimum Gasteiger partial charge on any atom is -0.479 e. The second-order valence-electron chi connectivity index (χ2n) is 4.17. The third-order valence-electron chi connectivity index (χ3n) is 2.29. The monoisotopic (exact) mass is 230 g/mol. The maximum Gasteiger partial charge on any atom is 0.332 e. The molecule has 0 bridgehead atoms. The van der Waals surface area contributed by atoms with Gasteiger partial charge >= 0.3 is 12.0 Å². The van der Waals surface area contributed by atoms with Crippen LogP contribution in [0.4, 0.5) is 4.79 Å². The van der Waals surface area contributed by atoms with Gasteiger partial charge in [0.2, 0.25) is 0 Å². The Kier molecular flexibility index (Phi) is 4.54. The van der Waals surface area contributed by atoms with E-state index in [0.29, 0.717) is 19.4 Å². The van der Waals surface area contributed by atoms with Crippen LogP contribution < -0.4 is 10.6 Å². The Labute approximate surface area is 94.3 Å². The fourth-order valence-electron chi connectivity index (χ4n) is 1.56. The lowest BCUT2D eigenvalue weighted by atomic mass is 10.2. The number of carbonyl (C=O) groups excluding carboxylic acids is 1. The molecule has 2 atom stereocenters. The van der Waals surface area contributed by atoms with Crippen molar-refractivity contribution >= 4 is 12.0 Å². The van der Waals surface area contributed by atoms with Crippen LogP contribution in [0.1, 0.15) is 26.7 Å². The van der Waals surface area contributed by atoms with Crippen LogP contribution in [0.25, 0.3) is 0 Å². The van der Waals surface area contributed by atoms with E-state index in [4.69, 9.17) is 9.84 Å². The fourth-order valence-corrected chi connectivity index (χ4v) is 1.56. The van der Waals surface area contributed by atoms with Gasteiger partial charge in [0.1, 0.15) is 0 Å². The molecule has 0 spiro atoms. The lowest BCUT2D eigenvalue weighted by molar-refractivity contribution is -0.149. The highest BCUT2D eigenvalue weighted by atomic mass is 16.5. The summed E-state index contributed by atoms with van der Waals surface area (Å²) in [6.45, 7) is 4.08. The van der Waals surface area contributed by atoms with Gasteiger partial charge in [-0.05, 0) is 26.7 Å². The van der Waals surface area contributed by atoms with Crippen molar-refractivity contribution < 1.29 is 19.4 Å². The standard InChI is InChI=1S/C10H18N2O4/c1-6(2)12-10(15)11-5-7-3-4-8(16-7)9(13)14/h6-8H,3-5H2,1-2H3,(H,13,14)(H2,11,12,15)/t7-,8+/m1/s1. The van der Waals surface area contributed by atoms with Crippen LogP contribution >= 0.6 is 0 Å². The highest BCUT2D eigenvalue weighted by Gasteiger charge is 2.30. The quantitative estimate of drug-likeness (QED) is 0.649. The van der Waals surface area contributed by atoms with E-state index < -0.39 is 12.1 Å². The van der Waals surface area contributed by atoms with Crippen molar-refractivity contribution in [2.75, 3.05) is 6.54 Å². The molecular formula is C10H18N2O4. The molecule has 0 aromatic heterocycles. The maximum absolute atomic E-state index is 11.2. The first-order valence-corrected chi connectivity index (χ1v) is 5.41. The first-order valence-electron chi connectivity index (χ1n) is 5.41. The molecule has 3 N–H and O–H groups in total. The van der Waals surface area contributed by atoms with E-state index in [9.17, 15) is 9.59 Å². The van der Waals surface area contributed by atoms with Crippen molar-refractivity contribution in [3.8, 4) is 0 Å². The molecule has 0 radical (unpaired) electrons. The van der Waals surface area contributed by atoms with Crippen molar-refractivity contribution in [2.45, 2.75) is 44.9 Å². The molecule has 92 valence electrons. The van der Waals surface area contributed by atoms with Crippen LogP contribution in [0.3, 0.4) is 0 Å². The van der Waals surface area contributed by atoms with Crippen LogP contribution in [0.2, 0.25) is 0 Å². The number of nitrogens with one attached hydrogen (secondary N) is 2. The van der Waals surface area contributed by atoms with Crippen LogP contribution in [0.5, 0.6) is 0 Å². The molecule has 0 saturated carbocycles. The fraction of sp³-hybridized carbons (Fsp3) is 0.800. The number of hydrogen-bond acceptors (Lipinski definition) is 3. The van der Waals surface area contributed by atoms with E-state index in [-0.39, 0.29) is 18.2 Å². The predicted molar refractivity (Wildman–Crippen MR) is 57.2 cm³/mol. The van der Waals surface area contributed by atoms with Gasteiger partial charge in [0.05, 0.1) is 6.10 Å². The third kappa shape index (κ3) is 4.06. The molecule has 6 nitrogen and oxygen atoms in total. The summed E-state index contributed by atoms with van der Waals surface area (Å²) in [7, 11) is 0. The first kappa shape index (κ1) is 12.8. The third-order valence-corrected chi connectivity index (χ3v) is 2.29. The number of aliphatic carboxylic acids is 1. The zero-order valence-corrected chi connectivity index (χ0v) is 9.53. The summed E-state index contributed by atoms with van der Waals surface area (Å²) in [5.41, 5.74) is 0. The summed E-state index contributed by atoms with van der Waals surface area (Å²) >= 11 is 0. The molecule has 6 heteroatoms. The second kappa shape index (κ2) is 5.69. The van der Waals surface area contributed by atoms with Gasteiger partial charge in [-0.3, -0.25) is 0 Å². The van der Waals surface area contributed by atoms with Gasteiger partial charge in [-0.25, -0.2) is 9.59 Å². The molecule has 1 heterocycles. The van der Waals surface area contributed by atoms with Gasteiger partial charge in [-0.15, -0.1) is 0 Å². The predicted octanol–water partition coefficient (Wildman–Crippen LogP) is 0.326. The number of carbonyl (C=O) groups is 2. The molecule has 1 saturated heterocycles. The van der Waals surface area contributed by atoms with Crippen LogP contribution in [-0.2, 0) is 9.53 Å². The first-order chi connectivity index (χ1) is 7.49. The number of carboxylic acids is 1. The van der Waals surface area contributed by atoms with Crippen molar-refractivity contribution in [2.24, 2.45) is 0 Å². The zero-order valence-electron chi connectivity index (χ0n) is 9.53. The Balaban J connectivity index is 2.20. The highest BCUT2D eigenvalue weighted by Crippen LogP contribution is 2.18. The Morgan fingerprint density at radius 1 is 1.44 bits per heavy atom. The van der Waals surface area contributed by atoms with Gasteiger partial charge in [0.25, 0.3) is 0 Å². The SMILES string of the molecule is CC(C)NC(=O)NC[C@H]1CC[C@@H](C(=O)O)O1. The maximum atomic E-state index is 11.2. The van der Waals surface area contributed by atoms with Gasteiger partial charge in [0, 0.05) is 12.6 Å². The minimum absolute atomic E-state index is 0.0799. The lowest BCUT2D eigenvalue weighted by Gasteiger charge is -2.14. The number of hydrogen-bond donors (Lipinski definition) is 3. The summed E-state index contributed by atoms with van der Waals surface area (Å²) in [6, 6.07) is -0.173. The Morgan fingerprint density at radius 3 is 2.62 bits per heavy atom. The minimum atomic E-state index is -0.936. The van der Waals surface area contributed by atoms with E-state index in [2.05, 4.69) is 10.6 Å². The summed E-state index contributed by atoms with van der Waals surface area (Å²) < 4.78 is 5.24. The van der Waals surface area contributed by atoms with E-state index in [1.165, 1.54) is 0 Å². The molecule has 1 aliphatic heterocycles. The normalized spacial score (nSPS) is 24.4. The average Bonchev–Trinajstić information content (AvgIpc) is 2.61. The van der Waals surface area contributed by atoms with Crippen LogP contribution in [0.15, 0.2) is 0 Å². The summed E-state index contributed by atoms with van der Waals surface area (Å²) in [5, 5.41) is 14.0. The molecule has 1 aliphatic rings. The van der Waals surface area contributed by atoms with E-state index in [1.807, 2.05) is 13.8 Å². The molecule has 0 unspecified atom stereocenters. The van der Waals surface area contributed by atoms with Crippen molar-refractivity contribution in [1.82, 2.24) is 10.6 Å². The van der Waals surface area contributed by atoms with E-state index in [1.54, 1.807) is 0 Å². The molecule has 1 rings (SSSR count). The molecule has 1 fully saturated rings.